The first kappa shape index (κ1) is 18.9. The van der Waals surface area contributed by atoms with E-state index in [4.69, 9.17) is 4.74 Å². The Balaban J connectivity index is 1.50. The van der Waals surface area contributed by atoms with E-state index in [1.807, 2.05) is 37.3 Å². The molecule has 0 radical (unpaired) electrons. The van der Waals surface area contributed by atoms with Gasteiger partial charge in [-0.25, -0.2) is 4.52 Å². The van der Waals surface area contributed by atoms with Gasteiger partial charge in [-0.3, -0.25) is 9.59 Å². The van der Waals surface area contributed by atoms with Crippen molar-refractivity contribution in [2.75, 3.05) is 13.7 Å². The molecule has 4 rings (SSSR count). The lowest BCUT2D eigenvalue weighted by Crippen LogP contribution is -2.30. The first-order valence-electron chi connectivity index (χ1n) is 9.13. The molecule has 29 heavy (non-hydrogen) atoms. The second kappa shape index (κ2) is 7.92. The molecule has 0 aliphatic carbocycles. The maximum Gasteiger partial charge on any atom is 0.276 e. The van der Waals surface area contributed by atoms with Crippen LogP contribution in [0.2, 0.25) is 0 Å². The Morgan fingerprint density at radius 1 is 1.17 bits per heavy atom. The van der Waals surface area contributed by atoms with Gasteiger partial charge in [0.1, 0.15) is 11.3 Å². The molecule has 4 aromatic rings. The summed E-state index contributed by atoms with van der Waals surface area (Å²) >= 11 is 1.45. The summed E-state index contributed by atoms with van der Waals surface area (Å²) in [4.78, 5) is 26.7. The number of rotatable bonds is 6. The number of amides is 1. The minimum absolute atomic E-state index is 0.122. The van der Waals surface area contributed by atoms with E-state index in [1.165, 1.54) is 11.3 Å². The molecule has 0 saturated heterocycles. The standard InChI is InChI=1S/C21H20N4O3S/c1-14-3-8-19(29-14)20(26)22-9-10-24-11-12-25-18(21(24)27)13-17(23-25)15-4-6-16(28-2)7-5-15/h3-8,11-13H,9-10H2,1-2H3,(H,22,26). The fourth-order valence-electron chi connectivity index (χ4n) is 3.04. The number of fused-ring (bicyclic) bond motifs is 1. The zero-order valence-electron chi connectivity index (χ0n) is 16.1. The van der Waals surface area contributed by atoms with Crippen LogP contribution in [0.5, 0.6) is 5.75 Å². The first-order valence-corrected chi connectivity index (χ1v) is 9.95. The molecule has 1 amide bonds. The monoisotopic (exact) mass is 408 g/mol. The van der Waals surface area contributed by atoms with E-state index in [0.717, 1.165) is 16.2 Å². The Morgan fingerprint density at radius 2 is 1.97 bits per heavy atom. The predicted octanol–water partition coefficient (Wildman–Crippen LogP) is 2.97. The SMILES string of the molecule is COc1ccc(-c2cc3c(=O)n(CCNC(=O)c4ccc(C)s4)ccn3n2)cc1. The average molecular weight is 408 g/mol. The van der Waals surface area contributed by atoms with Crippen LogP contribution in [0.3, 0.4) is 0 Å². The van der Waals surface area contributed by atoms with E-state index in [2.05, 4.69) is 10.4 Å². The number of aryl methyl sites for hydroxylation is 1. The van der Waals surface area contributed by atoms with Crippen molar-refractivity contribution in [2.45, 2.75) is 13.5 Å². The van der Waals surface area contributed by atoms with Gasteiger partial charge in [0.25, 0.3) is 11.5 Å². The summed E-state index contributed by atoms with van der Waals surface area (Å²) in [7, 11) is 1.62. The summed E-state index contributed by atoms with van der Waals surface area (Å²) in [5.41, 5.74) is 1.95. The van der Waals surface area contributed by atoms with Crippen molar-refractivity contribution in [3.63, 3.8) is 0 Å². The smallest absolute Gasteiger partial charge is 0.276 e. The van der Waals surface area contributed by atoms with Gasteiger partial charge in [0.15, 0.2) is 0 Å². The van der Waals surface area contributed by atoms with Crippen LogP contribution < -0.4 is 15.6 Å². The third-order valence-electron chi connectivity index (χ3n) is 4.59. The molecule has 0 fully saturated rings. The Kier molecular flexibility index (Phi) is 5.18. The number of nitrogens with zero attached hydrogens (tertiary/aromatic N) is 3. The molecule has 3 heterocycles. The molecule has 7 nitrogen and oxygen atoms in total. The summed E-state index contributed by atoms with van der Waals surface area (Å²) in [6, 6.07) is 13.0. The fourth-order valence-corrected chi connectivity index (χ4v) is 3.82. The van der Waals surface area contributed by atoms with Gasteiger partial charge >= 0.3 is 0 Å². The average Bonchev–Trinajstić information content (AvgIpc) is 3.36. The van der Waals surface area contributed by atoms with E-state index in [0.29, 0.717) is 29.2 Å². The first-order chi connectivity index (χ1) is 14.0. The highest BCUT2D eigenvalue weighted by Gasteiger charge is 2.11. The molecule has 0 atom stereocenters. The molecule has 0 spiro atoms. The second-order valence-corrected chi connectivity index (χ2v) is 7.84. The number of ether oxygens (including phenoxy) is 1. The molecule has 0 bridgehead atoms. The number of hydrogen-bond acceptors (Lipinski definition) is 5. The van der Waals surface area contributed by atoms with Crippen molar-refractivity contribution >= 4 is 22.8 Å². The molecule has 148 valence electrons. The van der Waals surface area contributed by atoms with Crippen LogP contribution in [-0.2, 0) is 6.54 Å². The van der Waals surface area contributed by atoms with Gasteiger partial charge in [0, 0.05) is 35.9 Å². The predicted molar refractivity (Wildman–Crippen MR) is 113 cm³/mol. The van der Waals surface area contributed by atoms with Crippen LogP contribution in [0.25, 0.3) is 16.8 Å². The summed E-state index contributed by atoms with van der Waals surface area (Å²) in [6.07, 6.45) is 3.43. The number of benzene rings is 1. The molecule has 8 heteroatoms. The van der Waals surface area contributed by atoms with Crippen molar-refractivity contribution in [1.82, 2.24) is 19.5 Å². The molecule has 1 aromatic carbocycles. The van der Waals surface area contributed by atoms with Gasteiger partial charge in [-0.15, -0.1) is 11.3 Å². The molecular weight excluding hydrogens is 388 g/mol. The third-order valence-corrected chi connectivity index (χ3v) is 5.59. The van der Waals surface area contributed by atoms with Crippen molar-refractivity contribution in [2.24, 2.45) is 0 Å². The van der Waals surface area contributed by atoms with Gasteiger partial charge in [0.2, 0.25) is 0 Å². The summed E-state index contributed by atoms with van der Waals surface area (Å²) < 4.78 is 8.33. The zero-order valence-corrected chi connectivity index (χ0v) is 16.9. The number of carbonyl (C=O) groups excluding carboxylic acids is 1. The zero-order chi connectivity index (χ0) is 20.4. The largest absolute Gasteiger partial charge is 0.497 e. The lowest BCUT2D eigenvalue weighted by atomic mass is 10.1. The number of thiophene rings is 1. The van der Waals surface area contributed by atoms with Crippen LogP contribution >= 0.6 is 11.3 Å². The van der Waals surface area contributed by atoms with Gasteiger partial charge in [0.05, 0.1) is 17.7 Å². The minimum Gasteiger partial charge on any atom is -0.497 e. The Hall–Kier alpha value is -3.39. The molecule has 3 aromatic heterocycles. The molecular formula is C21H20N4O3S. The summed E-state index contributed by atoms with van der Waals surface area (Å²) in [5, 5.41) is 7.34. The lowest BCUT2D eigenvalue weighted by molar-refractivity contribution is 0.0956. The van der Waals surface area contributed by atoms with Crippen LogP contribution in [0.4, 0.5) is 0 Å². The van der Waals surface area contributed by atoms with Gasteiger partial charge in [-0.05, 0) is 49.4 Å². The quantitative estimate of drug-likeness (QED) is 0.532. The molecule has 0 aliphatic heterocycles. The van der Waals surface area contributed by atoms with Crippen molar-refractivity contribution in [3.8, 4) is 17.0 Å². The van der Waals surface area contributed by atoms with Gasteiger partial charge in [-0.1, -0.05) is 0 Å². The number of aromatic nitrogens is 3. The highest BCUT2D eigenvalue weighted by Crippen LogP contribution is 2.21. The molecule has 0 aliphatic rings. The van der Waals surface area contributed by atoms with E-state index in [9.17, 15) is 9.59 Å². The Morgan fingerprint density at radius 3 is 2.66 bits per heavy atom. The van der Waals surface area contributed by atoms with Gasteiger partial charge in [-0.2, -0.15) is 5.10 Å². The van der Waals surface area contributed by atoms with Crippen LogP contribution in [-0.4, -0.2) is 33.7 Å². The summed E-state index contributed by atoms with van der Waals surface area (Å²) in [6.45, 7) is 2.71. The highest BCUT2D eigenvalue weighted by molar-refractivity contribution is 7.13. The number of nitrogens with one attached hydrogen (secondary N) is 1. The van der Waals surface area contributed by atoms with E-state index >= 15 is 0 Å². The van der Waals surface area contributed by atoms with Crippen LogP contribution in [0, 0.1) is 6.92 Å². The second-order valence-electron chi connectivity index (χ2n) is 6.55. The fraction of sp³-hybridized carbons (Fsp3) is 0.190. The minimum atomic E-state index is -0.152. The highest BCUT2D eigenvalue weighted by atomic mass is 32.1. The molecule has 0 unspecified atom stereocenters. The van der Waals surface area contributed by atoms with Crippen LogP contribution in [0.1, 0.15) is 14.5 Å². The van der Waals surface area contributed by atoms with E-state index in [1.54, 1.807) is 40.7 Å². The maximum atomic E-state index is 12.8. The van der Waals surface area contributed by atoms with Crippen molar-refractivity contribution < 1.29 is 9.53 Å². The molecule has 1 N–H and O–H groups in total. The van der Waals surface area contributed by atoms with E-state index in [-0.39, 0.29) is 11.5 Å². The number of carbonyl (C=O) groups is 1. The van der Waals surface area contributed by atoms with Crippen LogP contribution in [0.15, 0.2) is 59.7 Å². The van der Waals surface area contributed by atoms with E-state index < -0.39 is 0 Å². The molecule has 0 saturated carbocycles. The van der Waals surface area contributed by atoms with Gasteiger partial charge < -0.3 is 14.6 Å². The van der Waals surface area contributed by atoms with Crippen molar-refractivity contribution in [1.29, 1.82) is 0 Å². The Bertz CT molecular complexity index is 1220. The Labute approximate surface area is 171 Å². The topological polar surface area (TPSA) is 77.6 Å². The normalized spacial score (nSPS) is 11.0. The van der Waals surface area contributed by atoms with Crippen molar-refractivity contribution in [3.05, 3.63) is 75.0 Å². The number of methoxy groups -OCH3 is 1. The maximum absolute atomic E-state index is 12.8. The third kappa shape index (κ3) is 3.93. The number of hydrogen-bond donors (Lipinski definition) is 1. The summed E-state index contributed by atoms with van der Waals surface area (Å²) in [5.74, 6) is 0.642. The lowest BCUT2D eigenvalue weighted by Gasteiger charge is -2.07.